The molecular weight excluding hydrogens is 477 g/mol. The molecule has 3 rings (SSSR count). The first-order chi connectivity index (χ1) is 15.6. The molecule has 0 radical (unpaired) electrons. The molecule has 0 unspecified atom stereocenters. The number of nitrogens with one attached hydrogen (secondary N) is 1. The quantitative estimate of drug-likeness (QED) is 0.313. The Morgan fingerprint density at radius 2 is 1.79 bits per heavy atom. The first-order valence-corrected chi connectivity index (χ1v) is 12.6. The largest absolute Gasteiger partial charge is 0.516 e. The lowest BCUT2D eigenvalue weighted by Crippen LogP contribution is -2.30. The zero-order chi connectivity index (χ0) is 24.1. The summed E-state index contributed by atoms with van der Waals surface area (Å²) in [5.74, 6) is 0.597. The molecule has 0 atom stereocenters. The number of benzene rings is 2. The van der Waals surface area contributed by atoms with E-state index in [-0.39, 0.29) is 35.0 Å². The molecule has 1 aliphatic rings. The van der Waals surface area contributed by atoms with Crippen molar-refractivity contribution >= 4 is 33.0 Å². The Labute approximate surface area is 197 Å². The maximum Gasteiger partial charge on any atom is 0.516 e. The number of sulfonamides is 1. The number of hydrogen-bond donors (Lipinski definition) is 1. The van der Waals surface area contributed by atoms with E-state index in [1.54, 1.807) is 11.6 Å². The fourth-order valence-corrected chi connectivity index (χ4v) is 4.61. The molecule has 0 aliphatic heterocycles. The molecule has 1 aliphatic carbocycles. The Morgan fingerprint density at radius 1 is 1.12 bits per heavy atom. The van der Waals surface area contributed by atoms with Gasteiger partial charge in [-0.3, -0.25) is 4.72 Å². The molecule has 0 heterocycles. The van der Waals surface area contributed by atoms with Crippen LogP contribution in [0.15, 0.2) is 47.6 Å². The van der Waals surface area contributed by atoms with Crippen molar-refractivity contribution in [1.82, 2.24) is 0 Å². The topological polar surface area (TPSA) is 67.8 Å². The number of rotatable bonds is 8. The Kier molecular flexibility index (Phi) is 8.28. The third kappa shape index (κ3) is 6.63. The zero-order valence-corrected chi connectivity index (χ0v) is 19.7. The highest BCUT2D eigenvalue weighted by atomic mass is 35.5. The van der Waals surface area contributed by atoms with Gasteiger partial charge in [0.2, 0.25) is 0 Å². The van der Waals surface area contributed by atoms with Gasteiger partial charge in [0.05, 0.1) is 11.4 Å². The van der Waals surface area contributed by atoms with Crippen LogP contribution in [0.4, 0.5) is 18.9 Å². The van der Waals surface area contributed by atoms with Gasteiger partial charge in [-0.25, -0.2) is 0 Å². The van der Waals surface area contributed by atoms with Gasteiger partial charge in [0.1, 0.15) is 6.61 Å². The Hall–Kier alpha value is -2.26. The van der Waals surface area contributed by atoms with Crippen LogP contribution in [-0.4, -0.2) is 19.6 Å². The molecule has 0 amide bonds. The molecule has 0 bridgehead atoms. The predicted molar refractivity (Wildman–Crippen MR) is 124 cm³/mol. The highest BCUT2D eigenvalue weighted by Gasteiger charge is 2.46. The normalized spacial score (nSPS) is 16.0. The summed E-state index contributed by atoms with van der Waals surface area (Å²) < 4.78 is 63.2. The number of alkyl halides is 3. The van der Waals surface area contributed by atoms with Crippen molar-refractivity contribution in [3.05, 3.63) is 64.2 Å². The summed E-state index contributed by atoms with van der Waals surface area (Å²) in [4.78, 5) is 5.45. The van der Waals surface area contributed by atoms with E-state index in [4.69, 9.17) is 16.4 Å². The van der Waals surface area contributed by atoms with Gasteiger partial charge in [-0.1, -0.05) is 67.2 Å². The van der Waals surface area contributed by atoms with E-state index in [2.05, 4.69) is 17.3 Å². The highest BCUT2D eigenvalue weighted by molar-refractivity contribution is 7.93. The van der Waals surface area contributed by atoms with Crippen LogP contribution in [0.2, 0.25) is 5.02 Å². The van der Waals surface area contributed by atoms with E-state index in [9.17, 15) is 21.6 Å². The van der Waals surface area contributed by atoms with E-state index in [0.717, 1.165) is 11.6 Å². The zero-order valence-electron chi connectivity index (χ0n) is 18.2. The van der Waals surface area contributed by atoms with Gasteiger partial charge in [0.15, 0.2) is 0 Å². The lowest BCUT2D eigenvalue weighted by molar-refractivity contribution is -0.0429. The van der Waals surface area contributed by atoms with Gasteiger partial charge in [0, 0.05) is 10.6 Å². The Bertz CT molecular complexity index is 1080. The second kappa shape index (κ2) is 10.8. The lowest BCUT2D eigenvalue weighted by Gasteiger charge is -2.22. The number of nitrogens with zero attached hydrogens (tertiary/aromatic N) is 1. The third-order valence-corrected chi connectivity index (χ3v) is 6.97. The summed E-state index contributed by atoms with van der Waals surface area (Å²) >= 11 is 5.99. The average Bonchev–Trinajstić information content (AvgIpc) is 2.78. The van der Waals surface area contributed by atoms with Crippen molar-refractivity contribution in [2.45, 2.75) is 63.5 Å². The summed E-state index contributed by atoms with van der Waals surface area (Å²) in [5.41, 5.74) is -3.14. The van der Waals surface area contributed by atoms with Crippen LogP contribution in [0.25, 0.3) is 0 Å². The Morgan fingerprint density at radius 3 is 2.39 bits per heavy atom. The molecule has 2 aromatic rings. The average molecular weight is 503 g/mol. The van der Waals surface area contributed by atoms with Gasteiger partial charge in [-0.2, -0.15) is 21.6 Å². The van der Waals surface area contributed by atoms with Gasteiger partial charge in [-0.05, 0) is 54.5 Å². The maximum absolute atomic E-state index is 12.8. The first-order valence-electron chi connectivity index (χ1n) is 10.8. The number of halogens is 4. The van der Waals surface area contributed by atoms with Crippen LogP contribution in [0.3, 0.4) is 0 Å². The van der Waals surface area contributed by atoms with E-state index >= 15 is 0 Å². The summed E-state index contributed by atoms with van der Waals surface area (Å²) in [5, 5.41) is 4.28. The summed E-state index contributed by atoms with van der Waals surface area (Å²) in [7, 11) is -5.59. The molecule has 180 valence electrons. The van der Waals surface area contributed by atoms with E-state index in [1.165, 1.54) is 49.8 Å². The van der Waals surface area contributed by atoms with Crippen molar-refractivity contribution in [3.63, 3.8) is 0 Å². The standard InChI is InChI=1S/C23H26ClF3N2O3S/c1-2-21(20-14-19(24)12-13-22(20)29-33(30,31)23(25,26)27)28-32-15-16-8-10-18(11-9-16)17-6-4-3-5-7-17/h8-14,17,29H,2-7,15H2,1H3/b28-21+. The summed E-state index contributed by atoms with van der Waals surface area (Å²) in [6.45, 7) is 1.89. The van der Waals surface area contributed by atoms with Crippen molar-refractivity contribution < 1.29 is 26.4 Å². The van der Waals surface area contributed by atoms with Gasteiger partial charge >= 0.3 is 15.5 Å². The molecule has 5 nitrogen and oxygen atoms in total. The fraction of sp³-hybridized carbons (Fsp3) is 0.435. The van der Waals surface area contributed by atoms with Gasteiger partial charge < -0.3 is 4.84 Å². The minimum atomic E-state index is -5.59. The van der Waals surface area contributed by atoms with Crippen LogP contribution in [0.1, 0.15) is 68.1 Å². The summed E-state index contributed by atoms with van der Waals surface area (Å²) in [6, 6.07) is 12.0. The third-order valence-electron chi connectivity index (χ3n) is 5.64. The van der Waals surface area contributed by atoms with Crippen LogP contribution >= 0.6 is 11.6 Å². The number of hydrogen-bond acceptors (Lipinski definition) is 4. The van der Waals surface area contributed by atoms with E-state index < -0.39 is 15.5 Å². The second-order valence-electron chi connectivity index (χ2n) is 7.98. The molecule has 10 heteroatoms. The van der Waals surface area contributed by atoms with Crippen molar-refractivity contribution in [2.24, 2.45) is 5.16 Å². The van der Waals surface area contributed by atoms with E-state index in [1.807, 2.05) is 12.1 Å². The SMILES string of the molecule is CC/C(=N\OCc1ccc(C2CCCCC2)cc1)c1cc(Cl)ccc1NS(=O)(=O)C(F)(F)F. The second-order valence-corrected chi connectivity index (χ2v) is 10.1. The number of anilines is 1. The minimum Gasteiger partial charge on any atom is -0.391 e. The van der Waals surface area contributed by atoms with Crippen molar-refractivity contribution in [1.29, 1.82) is 0 Å². The van der Waals surface area contributed by atoms with Crippen LogP contribution < -0.4 is 4.72 Å². The molecule has 1 fully saturated rings. The van der Waals surface area contributed by atoms with Crippen LogP contribution in [0.5, 0.6) is 0 Å². The van der Waals surface area contributed by atoms with Crippen molar-refractivity contribution in [3.8, 4) is 0 Å². The smallest absolute Gasteiger partial charge is 0.391 e. The number of oxime groups is 1. The molecule has 33 heavy (non-hydrogen) atoms. The minimum absolute atomic E-state index is 0.116. The monoisotopic (exact) mass is 502 g/mol. The van der Waals surface area contributed by atoms with E-state index in [0.29, 0.717) is 5.92 Å². The van der Waals surface area contributed by atoms with Crippen molar-refractivity contribution in [2.75, 3.05) is 4.72 Å². The molecule has 0 spiro atoms. The molecule has 1 saturated carbocycles. The predicted octanol–water partition coefficient (Wildman–Crippen LogP) is 6.98. The fourth-order valence-electron chi connectivity index (χ4n) is 3.86. The maximum atomic E-state index is 12.8. The Balaban J connectivity index is 1.73. The highest BCUT2D eigenvalue weighted by Crippen LogP contribution is 2.33. The molecule has 0 aromatic heterocycles. The molecule has 1 N–H and O–H groups in total. The molecule has 2 aromatic carbocycles. The summed E-state index contributed by atoms with van der Waals surface area (Å²) in [6.07, 6.45) is 6.51. The molecule has 0 saturated heterocycles. The molecular formula is C23H26ClF3N2O3S. The van der Waals surface area contributed by atoms with Gasteiger partial charge in [-0.15, -0.1) is 0 Å². The van der Waals surface area contributed by atoms with Crippen LogP contribution in [0, 0.1) is 0 Å². The first kappa shape index (κ1) is 25.4. The van der Waals surface area contributed by atoms with Crippen LogP contribution in [-0.2, 0) is 21.5 Å². The lowest BCUT2D eigenvalue weighted by atomic mass is 9.84. The van der Waals surface area contributed by atoms with Gasteiger partial charge in [0.25, 0.3) is 0 Å².